The lowest BCUT2D eigenvalue weighted by atomic mass is 9.97. The van der Waals surface area contributed by atoms with Gasteiger partial charge in [0.05, 0.1) is 23.5 Å². The Bertz CT molecular complexity index is 740. The Morgan fingerprint density at radius 1 is 1.28 bits per heavy atom. The molecule has 138 valence electrons. The van der Waals surface area contributed by atoms with Crippen molar-refractivity contribution >= 4 is 31.9 Å². The van der Waals surface area contributed by atoms with E-state index in [0.29, 0.717) is 32.7 Å². The fourth-order valence-electron chi connectivity index (χ4n) is 3.42. The van der Waals surface area contributed by atoms with Gasteiger partial charge in [-0.05, 0) is 38.0 Å². The Morgan fingerprint density at radius 2 is 2.08 bits per heavy atom. The minimum Gasteiger partial charge on any atom is -0.375 e. The van der Waals surface area contributed by atoms with Gasteiger partial charge < -0.3 is 9.64 Å². The molecule has 25 heavy (non-hydrogen) atoms. The number of hydrogen-bond donors (Lipinski definition) is 0. The van der Waals surface area contributed by atoms with Crippen LogP contribution >= 0.6 is 15.9 Å². The van der Waals surface area contributed by atoms with Crippen LogP contribution in [0.2, 0.25) is 0 Å². The van der Waals surface area contributed by atoms with Gasteiger partial charge in [-0.3, -0.25) is 4.79 Å². The molecule has 3 rings (SSSR count). The fraction of sp³-hybridized carbons (Fsp3) is 0.588. The molecular formula is C17H23BrN2O4S. The molecule has 0 spiro atoms. The van der Waals surface area contributed by atoms with Gasteiger partial charge in [0.15, 0.2) is 0 Å². The lowest BCUT2D eigenvalue weighted by Gasteiger charge is -2.37. The topological polar surface area (TPSA) is 66.9 Å². The summed E-state index contributed by atoms with van der Waals surface area (Å²) in [7, 11) is -3.58. The summed E-state index contributed by atoms with van der Waals surface area (Å²) in [5, 5.41) is 0. The standard InChI is InChI=1S/C17H23BrN2O4S/c1-13-11-19(8-9-24-13)17(21)14-4-3-7-20(12-14)25(22,23)16-6-2-5-15(18)10-16/h2,5-6,10,13-14H,3-4,7-9,11-12H2,1H3. The predicted octanol–water partition coefficient (Wildman–Crippen LogP) is 2.10. The second kappa shape index (κ2) is 7.73. The Morgan fingerprint density at radius 3 is 2.80 bits per heavy atom. The zero-order chi connectivity index (χ0) is 18.0. The van der Waals surface area contributed by atoms with Crippen molar-refractivity contribution in [2.45, 2.75) is 30.8 Å². The molecule has 2 heterocycles. The molecule has 0 aliphatic carbocycles. The Kier molecular flexibility index (Phi) is 5.82. The molecule has 2 saturated heterocycles. The molecule has 1 amide bonds. The first-order valence-electron chi connectivity index (χ1n) is 8.54. The van der Waals surface area contributed by atoms with Crippen molar-refractivity contribution in [1.82, 2.24) is 9.21 Å². The van der Waals surface area contributed by atoms with Crippen molar-refractivity contribution in [1.29, 1.82) is 0 Å². The molecule has 2 aliphatic heterocycles. The summed E-state index contributed by atoms with van der Waals surface area (Å²) in [6.45, 7) is 4.35. The second-order valence-corrected chi connectivity index (χ2v) is 9.48. The highest BCUT2D eigenvalue weighted by molar-refractivity contribution is 9.10. The van der Waals surface area contributed by atoms with E-state index < -0.39 is 10.0 Å². The number of halogens is 1. The van der Waals surface area contributed by atoms with Crippen LogP contribution in [0.3, 0.4) is 0 Å². The van der Waals surface area contributed by atoms with E-state index in [1.165, 1.54) is 4.31 Å². The first-order chi connectivity index (χ1) is 11.9. The van der Waals surface area contributed by atoms with E-state index in [1.807, 2.05) is 11.8 Å². The number of piperidine rings is 1. The van der Waals surface area contributed by atoms with Crippen LogP contribution in [0.4, 0.5) is 0 Å². The molecule has 1 aromatic rings. The number of nitrogens with zero attached hydrogens (tertiary/aromatic N) is 2. The summed E-state index contributed by atoms with van der Waals surface area (Å²) in [5.41, 5.74) is 0. The Labute approximate surface area is 157 Å². The first-order valence-corrected chi connectivity index (χ1v) is 10.8. The van der Waals surface area contributed by atoms with E-state index in [1.54, 1.807) is 24.3 Å². The number of carbonyl (C=O) groups is 1. The van der Waals surface area contributed by atoms with Gasteiger partial charge in [-0.15, -0.1) is 0 Å². The van der Waals surface area contributed by atoms with Crippen LogP contribution in [0.25, 0.3) is 0 Å². The van der Waals surface area contributed by atoms with Gasteiger partial charge in [0.1, 0.15) is 0 Å². The first kappa shape index (κ1) is 18.8. The molecular weight excluding hydrogens is 408 g/mol. The number of benzene rings is 1. The molecule has 2 aliphatic rings. The van der Waals surface area contributed by atoms with Gasteiger partial charge in [0, 0.05) is 30.7 Å². The summed E-state index contributed by atoms with van der Waals surface area (Å²) in [5.74, 6) is -0.231. The number of sulfonamides is 1. The van der Waals surface area contributed by atoms with Gasteiger partial charge in [0.2, 0.25) is 15.9 Å². The highest BCUT2D eigenvalue weighted by atomic mass is 79.9. The zero-order valence-corrected chi connectivity index (χ0v) is 16.6. The quantitative estimate of drug-likeness (QED) is 0.735. The van der Waals surface area contributed by atoms with Crippen LogP contribution < -0.4 is 0 Å². The Balaban J connectivity index is 1.73. The highest BCUT2D eigenvalue weighted by Crippen LogP contribution is 2.26. The summed E-state index contributed by atoms with van der Waals surface area (Å²) in [6.07, 6.45) is 1.46. The van der Waals surface area contributed by atoms with Crippen LogP contribution in [0, 0.1) is 5.92 Å². The minimum atomic E-state index is -3.58. The van der Waals surface area contributed by atoms with Crippen LogP contribution in [-0.2, 0) is 19.6 Å². The number of rotatable bonds is 3. The summed E-state index contributed by atoms with van der Waals surface area (Å²) >= 11 is 3.32. The average Bonchev–Trinajstić information content (AvgIpc) is 2.61. The lowest BCUT2D eigenvalue weighted by Crippen LogP contribution is -2.51. The van der Waals surface area contributed by atoms with E-state index in [2.05, 4.69) is 15.9 Å². The van der Waals surface area contributed by atoms with Crippen LogP contribution in [0.5, 0.6) is 0 Å². The van der Waals surface area contributed by atoms with Crippen molar-refractivity contribution in [2.24, 2.45) is 5.92 Å². The maximum absolute atomic E-state index is 12.9. The maximum atomic E-state index is 12.9. The van der Waals surface area contributed by atoms with E-state index in [0.717, 1.165) is 10.9 Å². The molecule has 0 aromatic heterocycles. The van der Waals surface area contributed by atoms with Gasteiger partial charge in [-0.25, -0.2) is 8.42 Å². The smallest absolute Gasteiger partial charge is 0.243 e. The number of ether oxygens (including phenoxy) is 1. The number of carbonyl (C=O) groups excluding carboxylic acids is 1. The second-order valence-electron chi connectivity index (χ2n) is 6.63. The average molecular weight is 431 g/mol. The molecule has 0 bridgehead atoms. The lowest BCUT2D eigenvalue weighted by molar-refractivity contribution is -0.143. The fourth-order valence-corrected chi connectivity index (χ4v) is 5.54. The number of hydrogen-bond acceptors (Lipinski definition) is 4. The summed E-state index contributed by atoms with van der Waals surface area (Å²) in [4.78, 5) is 14.9. The van der Waals surface area contributed by atoms with E-state index in [4.69, 9.17) is 4.74 Å². The summed E-state index contributed by atoms with van der Waals surface area (Å²) < 4.78 is 33.4. The zero-order valence-electron chi connectivity index (χ0n) is 14.2. The van der Waals surface area contributed by atoms with Crippen LogP contribution in [-0.4, -0.2) is 62.4 Å². The third-order valence-corrected chi connectivity index (χ3v) is 7.07. The largest absolute Gasteiger partial charge is 0.375 e. The Hall–Kier alpha value is -0.960. The van der Waals surface area contributed by atoms with Crippen molar-refractivity contribution in [2.75, 3.05) is 32.8 Å². The summed E-state index contributed by atoms with van der Waals surface area (Å²) in [6, 6.07) is 6.69. The van der Waals surface area contributed by atoms with Gasteiger partial charge in [0.25, 0.3) is 0 Å². The van der Waals surface area contributed by atoms with Crippen LogP contribution in [0.1, 0.15) is 19.8 Å². The number of morpholine rings is 1. The third-order valence-electron chi connectivity index (χ3n) is 4.72. The SMILES string of the molecule is CC1CN(C(=O)C2CCCN(S(=O)(=O)c3cccc(Br)c3)C2)CCO1. The minimum absolute atomic E-state index is 0.0304. The van der Waals surface area contributed by atoms with E-state index >= 15 is 0 Å². The molecule has 1 aromatic carbocycles. The van der Waals surface area contributed by atoms with Crippen molar-refractivity contribution in [3.8, 4) is 0 Å². The molecule has 0 radical (unpaired) electrons. The third kappa shape index (κ3) is 4.24. The number of amides is 1. The molecule has 2 unspecified atom stereocenters. The molecule has 2 fully saturated rings. The predicted molar refractivity (Wildman–Crippen MR) is 97.6 cm³/mol. The molecule has 0 saturated carbocycles. The highest BCUT2D eigenvalue weighted by Gasteiger charge is 2.36. The van der Waals surface area contributed by atoms with Gasteiger partial charge in [-0.1, -0.05) is 22.0 Å². The molecule has 0 N–H and O–H groups in total. The maximum Gasteiger partial charge on any atom is 0.243 e. The van der Waals surface area contributed by atoms with Crippen molar-refractivity contribution < 1.29 is 17.9 Å². The van der Waals surface area contributed by atoms with Crippen molar-refractivity contribution in [3.05, 3.63) is 28.7 Å². The van der Waals surface area contributed by atoms with Crippen molar-refractivity contribution in [3.63, 3.8) is 0 Å². The van der Waals surface area contributed by atoms with E-state index in [-0.39, 0.29) is 29.4 Å². The van der Waals surface area contributed by atoms with Crippen LogP contribution in [0.15, 0.2) is 33.6 Å². The van der Waals surface area contributed by atoms with Gasteiger partial charge >= 0.3 is 0 Å². The van der Waals surface area contributed by atoms with Gasteiger partial charge in [-0.2, -0.15) is 4.31 Å². The van der Waals surface area contributed by atoms with E-state index in [9.17, 15) is 13.2 Å². The molecule has 6 nitrogen and oxygen atoms in total. The normalized spacial score (nSPS) is 25.8. The molecule has 8 heteroatoms. The monoisotopic (exact) mass is 430 g/mol. The molecule has 2 atom stereocenters.